The first-order chi connectivity index (χ1) is 9.63. The lowest BCUT2D eigenvalue weighted by Gasteiger charge is -2.13. The molecule has 0 unspecified atom stereocenters. The zero-order valence-electron chi connectivity index (χ0n) is 12.9. The van der Waals surface area contributed by atoms with E-state index in [1.807, 2.05) is 19.1 Å². The molecular formula is C14H25IN4O2. The summed E-state index contributed by atoms with van der Waals surface area (Å²) in [6, 6.07) is 3.81. The Kier molecular flexibility index (Phi) is 10.7. The fourth-order valence-corrected chi connectivity index (χ4v) is 1.59. The Labute approximate surface area is 143 Å². The van der Waals surface area contributed by atoms with Crippen molar-refractivity contribution in [1.29, 1.82) is 0 Å². The molecule has 0 radical (unpaired) electrons. The van der Waals surface area contributed by atoms with E-state index in [0.717, 1.165) is 24.7 Å². The van der Waals surface area contributed by atoms with Gasteiger partial charge in [0, 0.05) is 46.6 Å². The summed E-state index contributed by atoms with van der Waals surface area (Å²) in [4.78, 5) is 17.5. The van der Waals surface area contributed by atoms with Gasteiger partial charge in [-0.05, 0) is 19.1 Å². The van der Waals surface area contributed by atoms with E-state index < -0.39 is 0 Å². The van der Waals surface area contributed by atoms with Gasteiger partial charge >= 0.3 is 0 Å². The molecule has 0 aliphatic rings. The summed E-state index contributed by atoms with van der Waals surface area (Å²) in [6.07, 6.45) is 2.88. The first-order valence-corrected chi connectivity index (χ1v) is 6.88. The van der Waals surface area contributed by atoms with Crippen LogP contribution in [0.3, 0.4) is 0 Å². The molecular weight excluding hydrogens is 383 g/mol. The number of aliphatic imine (C=N–C) groups is 1. The maximum atomic E-state index is 11.5. The van der Waals surface area contributed by atoms with E-state index in [9.17, 15) is 4.79 Å². The first-order valence-electron chi connectivity index (χ1n) is 6.88. The van der Waals surface area contributed by atoms with Crippen molar-refractivity contribution in [3.8, 4) is 0 Å². The van der Waals surface area contributed by atoms with E-state index in [0.29, 0.717) is 19.5 Å². The van der Waals surface area contributed by atoms with Crippen molar-refractivity contribution in [2.45, 2.75) is 19.8 Å². The second kappa shape index (κ2) is 11.4. The van der Waals surface area contributed by atoms with Gasteiger partial charge in [-0.1, -0.05) is 0 Å². The Balaban J connectivity index is 0.00000400. The third kappa shape index (κ3) is 8.59. The second-order valence-corrected chi connectivity index (χ2v) is 4.55. The van der Waals surface area contributed by atoms with Gasteiger partial charge in [0.15, 0.2) is 5.96 Å². The standard InChI is InChI=1S/C14H24N4O2.HI/c1-4-15-14(17-10-8-13(19)18(2)3)16-9-7-12-6-5-11-20-12;/h5-6,11H,4,7-10H2,1-3H3,(H2,15,16,17);1H. The van der Waals surface area contributed by atoms with Crippen molar-refractivity contribution < 1.29 is 9.21 Å². The molecule has 6 nitrogen and oxygen atoms in total. The summed E-state index contributed by atoms with van der Waals surface area (Å²) in [5, 5.41) is 6.30. The van der Waals surface area contributed by atoms with Crippen molar-refractivity contribution in [2.75, 3.05) is 33.7 Å². The third-order valence-corrected chi connectivity index (χ3v) is 2.68. The Morgan fingerprint density at radius 1 is 1.38 bits per heavy atom. The van der Waals surface area contributed by atoms with E-state index in [-0.39, 0.29) is 29.9 Å². The van der Waals surface area contributed by atoms with E-state index in [4.69, 9.17) is 4.42 Å². The minimum atomic E-state index is 0. The van der Waals surface area contributed by atoms with Gasteiger partial charge in [0.1, 0.15) is 5.76 Å². The van der Waals surface area contributed by atoms with Crippen molar-refractivity contribution in [3.05, 3.63) is 24.2 Å². The number of amides is 1. The molecule has 1 amide bonds. The molecule has 1 rings (SSSR count). The van der Waals surface area contributed by atoms with Crippen LogP contribution in [0.2, 0.25) is 0 Å². The molecule has 120 valence electrons. The molecule has 0 bridgehead atoms. The number of carbonyl (C=O) groups excluding carboxylic acids is 1. The maximum absolute atomic E-state index is 11.5. The van der Waals surface area contributed by atoms with Crippen LogP contribution >= 0.6 is 24.0 Å². The Morgan fingerprint density at radius 3 is 2.71 bits per heavy atom. The monoisotopic (exact) mass is 408 g/mol. The van der Waals surface area contributed by atoms with Crippen LogP contribution in [0.4, 0.5) is 0 Å². The summed E-state index contributed by atoms with van der Waals surface area (Å²) in [6.45, 7) is 4.01. The highest BCUT2D eigenvalue weighted by atomic mass is 127. The second-order valence-electron chi connectivity index (χ2n) is 4.55. The molecule has 1 heterocycles. The van der Waals surface area contributed by atoms with Gasteiger partial charge in [-0.15, -0.1) is 24.0 Å². The molecule has 1 aromatic heterocycles. The van der Waals surface area contributed by atoms with E-state index >= 15 is 0 Å². The highest BCUT2D eigenvalue weighted by molar-refractivity contribution is 14.0. The van der Waals surface area contributed by atoms with Crippen LogP contribution in [0.5, 0.6) is 0 Å². The van der Waals surface area contributed by atoms with E-state index in [2.05, 4.69) is 15.6 Å². The number of furan rings is 1. The number of carbonyl (C=O) groups is 1. The minimum Gasteiger partial charge on any atom is -0.469 e. The highest BCUT2D eigenvalue weighted by Gasteiger charge is 2.04. The molecule has 0 aromatic carbocycles. The Morgan fingerprint density at radius 2 is 2.14 bits per heavy atom. The van der Waals surface area contributed by atoms with Crippen LogP contribution in [-0.4, -0.2) is 50.5 Å². The number of hydrogen-bond donors (Lipinski definition) is 2. The first kappa shape index (κ1) is 19.8. The van der Waals surface area contributed by atoms with Crippen molar-refractivity contribution in [1.82, 2.24) is 15.5 Å². The number of halogens is 1. The zero-order chi connectivity index (χ0) is 14.8. The molecule has 0 fully saturated rings. The fraction of sp³-hybridized carbons (Fsp3) is 0.571. The predicted molar refractivity (Wildman–Crippen MR) is 95.1 cm³/mol. The summed E-state index contributed by atoms with van der Waals surface area (Å²) < 4.78 is 5.25. The number of rotatable bonds is 7. The molecule has 0 aliphatic carbocycles. The predicted octanol–water partition coefficient (Wildman–Crippen LogP) is 1.47. The average Bonchev–Trinajstić information content (AvgIpc) is 2.91. The molecule has 2 N–H and O–H groups in total. The normalized spacial score (nSPS) is 10.7. The van der Waals surface area contributed by atoms with E-state index in [1.54, 1.807) is 25.3 Å². The van der Waals surface area contributed by atoms with Gasteiger partial charge in [-0.3, -0.25) is 9.79 Å². The van der Waals surface area contributed by atoms with Gasteiger partial charge in [0.05, 0.1) is 6.26 Å². The van der Waals surface area contributed by atoms with E-state index in [1.165, 1.54) is 0 Å². The van der Waals surface area contributed by atoms with Gasteiger partial charge in [0.2, 0.25) is 5.91 Å². The van der Waals surface area contributed by atoms with Gasteiger partial charge in [0.25, 0.3) is 0 Å². The van der Waals surface area contributed by atoms with Crippen LogP contribution in [-0.2, 0) is 11.2 Å². The lowest BCUT2D eigenvalue weighted by Crippen LogP contribution is -2.39. The van der Waals surface area contributed by atoms with Crippen molar-refractivity contribution in [3.63, 3.8) is 0 Å². The number of nitrogens with one attached hydrogen (secondary N) is 2. The molecule has 21 heavy (non-hydrogen) atoms. The smallest absolute Gasteiger partial charge is 0.223 e. The average molecular weight is 408 g/mol. The van der Waals surface area contributed by atoms with Crippen LogP contribution in [0.1, 0.15) is 19.1 Å². The molecule has 0 atom stereocenters. The molecule has 0 saturated carbocycles. The van der Waals surface area contributed by atoms with Crippen LogP contribution < -0.4 is 10.6 Å². The van der Waals surface area contributed by atoms with Crippen LogP contribution in [0.15, 0.2) is 27.8 Å². The lowest BCUT2D eigenvalue weighted by molar-refractivity contribution is -0.128. The molecule has 0 spiro atoms. The maximum Gasteiger partial charge on any atom is 0.223 e. The lowest BCUT2D eigenvalue weighted by atomic mass is 10.3. The van der Waals surface area contributed by atoms with Crippen LogP contribution in [0, 0.1) is 0 Å². The Hall–Kier alpha value is -1.25. The van der Waals surface area contributed by atoms with Crippen molar-refractivity contribution >= 4 is 35.8 Å². The summed E-state index contributed by atoms with van der Waals surface area (Å²) in [5.74, 6) is 1.75. The largest absolute Gasteiger partial charge is 0.469 e. The summed E-state index contributed by atoms with van der Waals surface area (Å²) in [5.41, 5.74) is 0. The molecule has 1 aromatic rings. The minimum absolute atomic E-state index is 0. The summed E-state index contributed by atoms with van der Waals surface area (Å²) >= 11 is 0. The topological polar surface area (TPSA) is 69.9 Å². The highest BCUT2D eigenvalue weighted by Crippen LogP contribution is 2.00. The van der Waals surface area contributed by atoms with Gasteiger partial charge in [-0.25, -0.2) is 0 Å². The van der Waals surface area contributed by atoms with Gasteiger partial charge in [-0.2, -0.15) is 0 Å². The fourth-order valence-electron chi connectivity index (χ4n) is 1.59. The summed E-state index contributed by atoms with van der Waals surface area (Å²) in [7, 11) is 3.51. The molecule has 7 heteroatoms. The number of nitrogens with zero attached hydrogens (tertiary/aromatic N) is 2. The zero-order valence-corrected chi connectivity index (χ0v) is 15.2. The van der Waals surface area contributed by atoms with Crippen LogP contribution in [0.25, 0.3) is 0 Å². The van der Waals surface area contributed by atoms with Crippen molar-refractivity contribution in [2.24, 2.45) is 4.99 Å². The molecule has 0 aliphatic heterocycles. The Bertz CT molecular complexity index is 419. The third-order valence-electron chi connectivity index (χ3n) is 2.68. The number of hydrogen-bond acceptors (Lipinski definition) is 3. The SMILES string of the molecule is CCNC(=NCCc1ccco1)NCCC(=O)N(C)C.I. The van der Waals surface area contributed by atoms with Gasteiger partial charge < -0.3 is 20.0 Å². The quantitative estimate of drug-likeness (QED) is 0.408. The number of guanidine groups is 1. The molecule has 0 saturated heterocycles.